The molecule has 0 unspecified atom stereocenters. The van der Waals surface area contributed by atoms with E-state index in [1.54, 1.807) is 7.11 Å². The van der Waals surface area contributed by atoms with Gasteiger partial charge in [-0.3, -0.25) is 0 Å². The van der Waals surface area contributed by atoms with Crippen LogP contribution in [0.15, 0.2) is 66.7 Å². The van der Waals surface area contributed by atoms with Crippen LogP contribution in [-0.4, -0.2) is 13.9 Å². The molecule has 3 aromatic rings. The molecule has 1 N–H and O–H groups in total. The Morgan fingerprint density at radius 1 is 0.862 bits per heavy atom. The van der Waals surface area contributed by atoms with E-state index in [0.29, 0.717) is 19.7 Å². The van der Waals surface area contributed by atoms with Crippen molar-refractivity contribution >= 4 is 12.4 Å². The third-order valence-electron chi connectivity index (χ3n) is 4.59. The van der Waals surface area contributed by atoms with Crippen LogP contribution < -0.4 is 24.3 Å². The van der Waals surface area contributed by atoms with Crippen LogP contribution in [0.25, 0.3) is 0 Å². The highest BCUT2D eigenvalue weighted by molar-refractivity contribution is 5.85. The molecule has 1 heterocycles. The van der Waals surface area contributed by atoms with Crippen LogP contribution in [0, 0.1) is 0 Å². The Morgan fingerprint density at radius 3 is 2.52 bits per heavy atom. The average molecular weight is 414 g/mol. The first-order chi connectivity index (χ1) is 13.8. The molecule has 0 bridgehead atoms. The van der Waals surface area contributed by atoms with Gasteiger partial charge in [0.15, 0.2) is 23.0 Å². The van der Waals surface area contributed by atoms with Gasteiger partial charge in [-0.25, -0.2) is 0 Å². The van der Waals surface area contributed by atoms with Crippen molar-refractivity contribution in [2.75, 3.05) is 13.9 Å². The van der Waals surface area contributed by atoms with E-state index in [1.165, 1.54) is 0 Å². The number of halogens is 1. The minimum atomic E-state index is 0. The van der Waals surface area contributed by atoms with Gasteiger partial charge in [-0.15, -0.1) is 12.4 Å². The minimum absolute atomic E-state index is 0. The van der Waals surface area contributed by atoms with Crippen LogP contribution in [0.2, 0.25) is 0 Å². The van der Waals surface area contributed by atoms with Crippen LogP contribution in [0.1, 0.15) is 16.7 Å². The van der Waals surface area contributed by atoms with E-state index >= 15 is 0 Å². The molecule has 152 valence electrons. The van der Waals surface area contributed by atoms with E-state index in [-0.39, 0.29) is 19.2 Å². The summed E-state index contributed by atoms with van der Waals surface area (Å²) in [4.78, 5) is 0. The fraction of sp³-hybridized carbons (Fsp3) is 0.217. The van der Waals surface area contributed by atoms with Crippen LogP contribution in [-0.2, 0) is 19.7 Å². The van der Waals surface area contributed by atoms with Crippen molar-refractivity contribution in [3.63, 3.8) is 0 Å². The molecule has 0 fully saturated rings. The summed E-state index contributed by atoms with van der Waals surface area (Å²) in [5, 5.41) is 3.47. The van der Waals surface area contributed by atoms with Gasteiger partial charge in [-0.2, -0.15) is 0 Å². The van der Waals surface area contributed by atoms with Crippen LogP contribution in [0.5, 0.6) is 23.0 Å². The molecule has 4 rings (SSSR count). The fourth-order valence-electron chi connectivity index (χ4n) is 3.15. The van der Waals surface area contributed by atoms with Crippen LogP contribution in [0.3, 0.4) is 0 Å². The number of benzene rings is 3. The summed E-state index contributed by atoms with van der Waals surface area (Å²) in [6.07, 6.45) is 0. The first kappa shape index (κ1) is 20.8. The Morgan fingerprint density at radius 2 is 1.69 bits per heavy atom. The summed E-state index contributed by atoms with van der Waals surface area (Å²) in [7, 11) is 1.66. The Kier molecular flexibility index (Phi) is 7.22. The SMILES string of the molecule is COc1cccc(CNCc2ccc3c(c2)OCO3)c1OCc1ccccc1.Cl. The van der Waals surface area contributed by atoms with Gasteiger partial charge in [-0.05, 0) is 29.3 Å². The number of hydrogen-bond donors (Lipinski definition) is 1. The van der Waals surface area contributed by atoms with Gasteiger partial charge >= 0.3 is 0 Å². The molecule has 6 heteroatoms. The number of para-hydroxylation sites is 1. The summed E-state index contributed by atoms with van der Waals surface area (Å²) in [5.74, 6) is 3.10. The molecule has 29 heavy (non-hydrogen) atoms. The van der Waals surface area contributed by atoms with Crippen molar-refractivity contribution in [2.45, 2.75) is 19.7 Å². The Hall–Kier alpha value is -2.89. The van der Waals surface area contributed by atoms with Gasteiger partial charge in [-0.1, -0.05) is 48.5 Å². The molecular formula is C23H24ClNO4. The molecule has 1 aliphatic heterocycles. The van der Waals surface area contributed by atoms with Crippen molar-refractivity contribution < 1.29 is 18.9 Å². The van der Waals surface area contributed by atoms with Gasteiger partial charge in [0, 0.05) is 18.7 Å². The predicted molar refractivity (Wildman–Crippen MR) is 114 cm³/mol. The molecule has 1 aliphatic rings. The van der Waals surface area contributed by atoms with Crippen molar-refractivity contribution in [1.29, 1.82) is 0 Å². The Labute approximate surface area is 177 Å². The largest absolute Gasteiger partial charge is 0.493 e. The maximum absolute atomic E-state index is 6.11. The second-order valence-corrected chi connectivity index (χ2v) is 6.51. The summed E-state index contributed by atoms with van der Waals surface area (Å²) >= 11 is 0. The molecule has 0 aliphatic carbocycles. The fourth-order valence-corrected chi connectivity index (χ4v) is 3.15. The van der Waals surface area contributed by atoms with Crippen LogP contribution in [0.4, 0.5) is 0 Å². The smallest absolute Gasteiger partial charge is 0.231 e. The van der Waals surface area contributed by atoms with Crippen molar-refractivity contribution in [3.8, 4) is 23.0 Å². The number of hydrogen-bond acceptors (Lipinski definition) is 5. The van der Waals surface area contributed by atoms with Gasteiger partial charge in [0.1, 0.15) is 6.61 Å². The van der Waals surface area contributed by atoms with E-state index < -0.39 is 0 Å². The van der Waals surface area contributed by atoms with Crippen LogP contribution >= 0.6 is 12.4 Å². The zero-order valence-electron chi connectivity index (χ0n) is 16.2. The maximum atomic E-state index is 6.11. The van der Waals surface area contributed by atoms with Crippen molar-refractivity contribution in [3.05, 3.63) is 83.4 Å². The highest BCUT2D eigenvalue weighted by atomic mass is 35.5. The molecule has 0 spiro atoms. The summed E-state index contributed by atoms with van der Waals surface area (Å²) in [6.45, 7) is 2.16. The zero-order chi connectivity index (χ0) is 19.2. The molecule has 0 aromatic heterocycles. The lowest BCUT2D eigenvalue weighted by Crippen LogP contribution is -2.14. The number of rotatable bonds is 8. The van der Waals surface area contributed by atoms with Gasteiger partial charge < -0.3 is 24.3 Å². The minimum Gasteiger partial charge on any atom is -0.493 e. The topological polar surface area (TPSA) is 49.0 Å². The maximum Gasteiger partial charge on any atom is 0.231 e. The van der Waals surface area contributed by atoms with E-state index in [0.717, 1.165) is 39.7 Å². The molecular weight excluding hydrogens is 390 g/mol. The molecule has 0 saturated heterocycles. The first-order valence-corrected chi connectivity index (χ1v) is 9.25. The zero-order valence-corrected chi connectivity index (χ0v) is 17.0. The number of nitrogens with one attached hydrogen (secondary N) is 1. The quantitative estimate of drug-likeness (QED) is 0.579. The molecule has 0 radical (unpaired) electrons. The highest BCUT2D eigenvalue weighted by Gasteiger charge is 2.14. The number of ether oxygens (including phenoxy) is 4. The number of methoxy groups -OCH3 is 1. The van der Waals surface area contributed by atoms with E-state index in [1.807, 2.05) is 60.7 Å². The molecule has 0 atom stereocenters. The van der Waals surface area contributed by atoms with Gasteiger partial charge in [0.2, 0.25) is 6.79 Å². The summed E-state index contributed by atoms with van der Waals surface area (Å²) in [5.41, 5.74) is 3.31. The lowest BCUT2D eigenvalue weighted by atomic mass is 10.1. The standard InChI is InChI=1S/C23H23NO4.ClH/c1-25-21-9-5-8-19(23(21)26-15-17-6-3-2-4-7-17)14-24-13-18-10-11-20-22(12-18)28-16-27-20;/h2-12,24H,13-16H2,1H3;1H. The second kappa shape index (κ2) is 10.0. The van der Waals surface area contributed by atoms with Gasteiger partial charge in [0.05, 0.1) is 7.11 Å². The normalized spacial score (nSPS) is 11.6. The second-order valence-electron chi connectivity index (χ2n) is 6.51. The van der Waals surface area contributed by atoms with E-state index in [9.17, 15) is 0 Å². The van der Waals surface area contributed by atoms with E-state index in [2.05, 4.69) is 11.4 Å². The third-order valence-corrected chi connectivity index (χ3v) is 4.59. The predicted octanol–water partition coefficient (Wildman–Crippen LogP) is 4.71. The first-order valence-electron chi connectivity index (χ1n) is 9.25. The monoisotopic (exact) mass is 413 g/mol. The third kappa shape index (κ3) is 5.13. The Bertz CT molecular complexity index is 933. The van der Waals surface area contributed by atoms with Crippen molar-refractivity contribution in [1.82, 2.24) is 5.32 Å². The van der Waals surface area contributed by atoms with E-state index in [4.69, 9.17) is 18.9 Å². The highest BCUT2D eigenvalue weighted by Crippen LogP contribution is 2.33. The number of fused-ring (bicyclic) bond motifs is 1. The Balaban J connectivity index is 0.00000240. The average Bonchev–Trinajstić information content (AvgIpc) is 3.21. The lowest BCUT2D eigenvalue weighted by molar-refractivity contribution is 0.174. The molecule has 0 amide bonds. The molecule has 3 aromatic carbocycles. The van der Waals surface area contributed by atoms with Gasteiger partial charge in [0.25, 0.3) is 0 Å². The van der Waals surface area contributed by atoms with Crippen molar-refractivity contribution in [2.24, 2.45) is 0 Å². The summed E-state index contributed by atoms with van der Waals surface area (Å²) < 4.78 is 22.4. The lowest BCUT2D eigenvalue weighted by Gasteiger charge is -2.16. The molecule has 0 saturated carbocycles. The molecule has 5 nitrogen and oxygen atoms in total. The summed E-state index contributed by atoms with van der Waals surface area (Å²) in [6, 6.07) is 22.1.